The minimum atomic E-state index is -0.155. The first-order valence-corrected chi connectivity index (χ1v) is 13.5. The van der Waals surface area contributed by atoms with Crippen molar-refractivity contribution < 1.29 is 9.59 Å². The van der Waals surface area contributed by atoms with Crippen molar-refractivity contribution in [2.45, 2.75) is 57.7 Å². The molecule has 3 heterocycles. The molecule has 1 saturated carbocycles. The summed E-state index contributed by atoms with van der Waals surface area (Å²) in [6, 6.07) is 25.7. The van der Waals surface area contributed by atoms with Gasteiger partial charge < -0.3 is 14.8 Å². The molecule has 0 bridgehead atoms. The summed E-state index contributed by atoms with van der Waals surface area (Å²) in [7, 11) is 0. The lowest BCUT2D eigenvalue weighted by atomic mass is 9.84. The Morgan fingerprint density at radius 3 is 2.42 bits per heavy atom. The normalized spacial score (nSPS) is 15.3. The van der Waals surface area contributed by atoms with Gasteiger partial charge in [0, 0.05) is 23.1 Å². The van der Waals surface area contributed by atoms with Crippen molar-refractivity contribution in [2.75, 3.05) is 4.90 Å². The molecule has 2 aromatic carbocycles. The molecular formula is C32H32N4O2. The second-order valence-electron chi connectivity index (χ2n) is 10.3. The largest absolute Gasteiger partial charge is 0.345 e. The van der Waals surface area contributed by atoms with Crippen LogP contribution in [0, 0.1) is 0 Å². The predicted molar refractivity (Wildman–Crippen MR) is 148 cm³/mol. The second-order valence-corrected chi connectivity index (χ2v) is 10.3. The van der Waals surface area contributed by atoms with Gasteiger partial charge >= 0.3 is 0 Å². The van der Waals surface area contributed by atoms with E-state index in [-0.39, 0.29) is 11.8 Å². The third-order valence-corrected chi connectivity index (χ3v) is 7.87. The molecule has 1 fully saturated rings. The highest BCUT2D eigenvalue weighted by molar-refractivity contribution is 6.06. The first-order chi connectivity index (χ1) is 18.7. The maximum Gasteiger partial charge on any atom is 0.268 e. The van der Waals surface area contributed by atoms with Gasteiger partial charge in [-0.05, 0) is 72.4 Å². The van der Waals surface area contributed by atoms with Crippen LogP contribution in [0.3, 0.4) is 0 Å². The van der Waals surface area contributed by atoms with Crippen LogP contribution in [0.5, 0.6) is 0 Å². The monoisotopic (exact) mass is 504 g/mol. The van der Waals surface area contributed by atoms with E-state index in [1.54, 1.807) is 6.20 Å². The van der Waals surface area contributed by atoms with E-state index in [2.05, 4.69) is 22.4 Å². The quantitative estimate of drug-likeness (QED) is 0.359. The fourth-order valence-corrected chi connectivity index (χ4v) is 5.79. The second kappa shape index (κ2) is 10.7. The van der Waals surface area contributed by atoms with Gasteiger partial charge in [-0.15, -0.1) is 0 Å². The van der Waals surface area contributed by atoms with Crippen LogP contribution in [0.2, 0.25) is 0 Å². The Labute approximate surface area is 223 Å². The van der Waals surface area contributed by atoms with Gasteiger partial charge in [-0.2, -0.15) is 0 Å². The standard InChI is InChI=1S/C32H32N4O2/c37-31(34-20-27-11-6-7-19-33-27)30-18-17-28-22-36(29-12-5-4-10-26(29)21-35(28)30)32(38)25-15-13-24(14-16-25)23-8-2-1-3-9-23/h4-7,10-19,23H,1-3,8-9,20-22H2,(H,34,37). The van der Waals surface area contributed by atoms with Crippen molar-refractivity contribution in [1.29, 1.82) is 0 Å². The van der Waals surface area contributed by atoms with Crippen molar-refractivity contribution in [2.24, 2.45) is 0 Å². The molecule has 0 spiro atoms. The van der Waals surface area contributed by atoms with Crippen molar-refractivity contribution in [3.05, 3.63) is 119 Å². The Bertz CT molecular complexity index is 1440. The minimum Gasteiger partial charge on any atom is -0.345 e. The lowest BCUT2D eigenvalue weighted by Crippen LogP contribution is -2.30. The van der Waals surface area contributed by atoms with Crippen molar-refractivity contribution in [3.63, 3.8) is 0 Å². The topological polar surface area (TPSA) is 67.2 Å². The molecule has 4 aromatic rings. The van der Waals surface area contributed by atoms with E-state index in [0.717, 1.165) is 22.6 Å². The number of nitrogens with zero attached hydrogens (tertiary/aromatic N) is 3. The fourth-order valence-electron chi connectivity index (χ4n) is 5.79. The SMILES string of the molecule is O=C(NCc1ccccn1)c1ccc2n1Cc1ccccc1N(C(=O)c1ccc(C3CCCCC3)cc1)C2. The summed E-state index contributed by atoms with van der Waals surface area (Å²) in [5.41, 5.74) is 6.24. The third kappa shape index (κ3) is 4.86. The number of benzene rings is 2. The average Bonchev–Trinajstić information content (AvgIpc) is 3.29. The number of nitrogens with one attached hydrogen (secondary N) is 1. The number of carbonyl (C=O) groups is 2. The molecule has 6 rings (SSSR count). The predicted octanol–water partition coefficient (Wildman–Crippen LogP) is 6.07. The number of para-hydroxylation sites is 1. The van der Waals surface area contributed by atoms with Crippen LogP contribution >= 0.6 is 0 Å². The van der Waals surface area contributed by atoms with Gasteiger partial charge in [-0.1, -0.05) is 55.7 Å². The molecule has 1 N–H and O–H groups in total. The van der Waals surface area contributed by atoms with Crippen molar-refractivity contribution >= 4 is 17.5 Å². The zero-order valence-corrected chi connectivity index (χ0v) is 21.5. The van der Waals surface area contributed by atoms with Crippen LogP contribution in [0.4, 0.5) is 5.69 Å². The third-order valence-electron chi connectivity index (χ3n) is 7.87. The van der Waals surface area contributed by atoms with Crippen LogP contribution in [-0.4, -0.2) is 21.4 Å². The Morgan fingerprint density at radius 1 is 0.842 bits per heavy atom. The number of hydrogen-bond acceptors (Lipinski definition) is 3. The van der Waals surface area contributed by atoms with E-state index in [0.29, 0.717) is 36.8 Å². The lowest BCUT2D eigenvalue weighted by molar-refractivity contribution is 0.0940. The number of rotatable bonds is 5. The smallest absolute Gasteiger partial charge is 0.268 e. The van der Waals surface area contributed by atoms with Crippen molar-refractivity contribution in [1.82, 2.24) is 14.9 Å². The van der Waals surface area contributed by atoms with Crippen LogP contribution in [0.25, 0.3) is 0 Å². The summed E-state index contributed by atoms with van der Waals surface area (Å²) in [5.74, 6) is 0.429. The highest BCUT2D eigenvalue weighted by atomic mass is 16.2. The van der Waals surface area contributed by atoms with Gasteiger partial charge in [0.1, 0.15) is 5.69 Å². The van der Waals surface area contributed by atoms with E-state index in [1.165, 1.54) is 37.7 Å². The highest BCUT2D eigenvalue weighted by Gasteiger charge is 2.27. The summed E-state index contributed by atoms with van der Waals surface area (Å²) in [5, 5.41) is 2.99. The molecule has 2 amide bonds. The molecule has 0 atom stereocenters. The molecule has 1 aliphatic carbocycles. The van der Waals surface area contributed by atoms with E-state index in [9.17, 15) is 9.59 Å². The highest BCUT2D eigenvalue weighted by Crippen LogP contribution is 2.34. The van der Waals surface area contributed by atoms with Gasteiger partial charge in [0.15, 0.2) is 0 Å². The summed E-state index contributed by atoms with van der Waals surface area (Å²) >= 11 is 0. The Morgan fingerprint density at radius 2 is 1.63 bits per heavy atom. The average molecular weight is 505 g/mol. The molecule has 2 aromatic heterocycles. The van der Waals surface area contributed by atoms with E-state index in [1.807, 2.05) is 76.2 Å². The Kier molecular flexibility index (Phi) is 6.78. The molecular weight excluding hydrogens is 472 g/mol. The molecule has 2 aliphatic rings. The number of pyridine rings is 1. The molecule has 0 radical (unpaired) electrons. The van der Waals surface area contributed by atoms with Crippen molar-refractivity contribution in [3.8, 4) is 0 Å². The zero-order valence-electron chi connectivity index (χ0n) is 21.5. The molecule has 0 saturated heterocycles. The molecule has 192 valence electrons. The number of fused-ring (bicyclic) bond motifs is 2. The van der Waals surface area contributed by atoms with Gasteiger partial charge in [-0.3, -0.25) is 14.6 Å². The summed E-state index contributed by atoms with van der Waals surface area (Å²) in [6.45, 7) is 1.28. The minimum absolute atomic E-state index is 0.0246. The van der Waals surface area contributed by atoms with Crippen LogP contribution < -0.4 is 10.2 Å². The molecule has 6 heteroatoms. The van der Waals surface area contributed by atoms with Gasteiger partial charge in [0.2, 0.25) is 0 Å². The fraction of sp³-hybridized carbons (Fsp3) is 0.281. The number of aromatic nitrogens is 2. The van der Waals surface area contributed by atoms with Gasteiger partial charge in [-0.25, -0.2) is 0 Å². The summed E-state index contributed by atoms with van der Waals surface area (Å²) in [4.78, 5) is 33.1. The Balaban J connectivity index is 1.25. The maximum atomic E-state index is 13.8. The first-order valence-electron chi connectivity index (χ1n) is 13.5. The lowest BCUT2D eigenvalue weighted by Gasteiger charge is -2.24. The van der Waals surface area contributed by atoms with Gasteiger partial charge in [0.25, 0.3) is 11.8 Å². The molecule has 0 unspecified atom stereocenters. The van der Waals surface area contributed by atoms with Crippen LogP contribution in [-0.2, 0) is 19.6 Å². The summed E-state index contributed by atoms with van der Waals surface area (Å²) < 4.78 is 2.02. The zero-order chi connectivity index (χ0) is 25.9. The van der Waals surface area contributed by atoms with Crippen LogP contribution in [0.15, 0.2) is 85.1 Å². The number of carbonyl (C=O) groups excluding carboxylic acids is 2. The van der Waals surface area contributed by atoms with E-state index in [4.69, 9.17) is 0 Å². The number of hydrogen-bond donors (Lipinski definition) is 1. The molecule has 1 aliphatic heterocycles. The Hall–Kier alpha value is -4.19. The molecule has 38 heavy (non-hydrogen) atoms. The number of amides is 2. The number of anilines is 1. The maximum absolute atomic E-state index is 13.8. The van der Waals surface area contributed by atoms with Gasteiger partial charge in [0.05, 0.1) is 25.3 Å². The summed E-state index contributed by atoms with van der Waals surface area (Å²) in [6.07, 6.45) is 8.11. The molecule has 6 nitrogen and oxygen atoms in total. The van der Waals surface area contributed by atoms with E-state index >= 15 is 0 Å². The van der Waals surface area contributed by atoms with Crippen LogP contribution in [0.1, 0.15) is 81.4 Å². The van der Waals surface area contributed by atoms with E-state index < -0.39 is 0 Å². The first kappa shape index (κ1) is 24.2.